The summed E-state index contributed by atoms with van der Waals surface area (Å²) in [5.74, 6) is -0.895. The third kappa shape index (κ3) is 4.99. The first-order chi connectivity index (χ1) is 8.04. The van der Waals surface area contributed by atoms with Gasteiger partial charge in [-0.15, -0.1) is 24.0 Å². The maximum absolute atomic E-state index is 11.7. The van der Waals surface area contributed by atoms with Crippen molar-refractivity contribution in [1.29, 1.82) is 0 Å². The highest BCUT2D eigenvalue weighted by atomic mass is 127. The van der Waals surface area contributed by atoms with E-state index in [1.54, 1.807) is 38.4 Å². The van der Waals surface area contributed by atoms with Crippen molar-refractivity contribution < 1.29 is 19.2 Å². The second-order valence-electron chi connectivity index (χ2n) is 3.61. The average molecular weight is 364 g/mol. The molecule has 0 aromatic carbocycles. The molecule has 1 heterocycles. The monoisotopic (exact) mass is 364 g/mol. The van der Waals surface area contributed by atoms with E-state index in [4.69, 9.17) is 4.74 Å². The Morgan fingerprint density at radius 2 is 2.06 bits per heavy atom. The highest BCUT2D eigenvalue weighted by Gasteiger charge is 2.11. The van der Waals surface area contributed by atoms with Crippen molar-refractivity contribution in [3.05, 3.63) is 30.1 Å². The molecule has 1 atom stereocenters. The number of ether oxygens (including phenoxy) is 1. The van der Waals surface area contributed by atoms with Gasteiger partial charge < -0.3 is 9.84 Å². The number of nitrogens with zero attached hydrogens (tertiary/aromatic N) is 2. The average Bonchev–Trinajstić information content (AvgIpc) is 2.30. The summed E-state index contributed by atoms with van der Waals surface area (Å²) in [6, 6.07) is 2.55. The van der Waals surface area contributed by atoms with E-state index < -0.39 is 17.9 Å². The lowest BCUT2D eigenvalue weighted by Gasteiger charge is -2.13. The zero-order valence-corrected chi connectivity index (χ0v) is 13.0. The van der Waals surface area contributed by atoms with E-state index in [0.717, 1.165) is 0 Å². The molecule has 0 N–H and O–H groups in total. The number of pyridine rings is 1. The Kier molecular flexibility index (Phi) is 7.49. The summed E-state index contributed by atoms with van der Waals surface area (Å²) in [4.78, 5) is 15.1. The van der Waals surface area contributed by atoms with Gasteiger partial charge in [-0.25, -0.2) is 9.36 Å². The second kappa shape index (κ2) is 8.02. The summed E-state index contributed by atoms with van der Waals surface area (Å²) in [6.45, 7) is 3.54. The van der Waals surface area contributed by atoms with E-state index in [1.165, 1.54) is 0 Å². The standard InChI is InChI=1S/C12H16N2O3.HI/c1-4-17-12(16)9(2)13-11(15)10-5-7-14(3)8-6-10;/h5-9H,4H2,1-3H3;1H. The van der Waals surface area contributed by atoms with Crippen LogP contribution in [0.4, 0.5) is 0 Å². The molecule has 1 unspecified atom stereocenters. The van der Waals surface area contributed by atoms with Crippen LogP contribution in [0.5, 0.6) is 0 Å². The first-order valence-corrected chi connectivity index (χ1v) is 5.41. The summed E-state index contributed by atoms with van der Waals surface area (Å²) in [6.07, 6.45) is 3.50. The van der Waals surface area contributed by atoms with Crippen LogP contribution < -0.4 is 9.67 Å². The molecular formula is C12H17IN2O3. The predicted molar refractivity (Wildman–Crippen MR) is 75.7 cm³/mol. The molecule has 0 amide bonds. The number of esters is 1. The van der Waals surface area contributed by atoms with Crippen molar-refractivity contribution in [2.24, 2.45) is 12.0 Å². The summed E-state index contributed by atoms with van der Waals surface area (Å²) in [5, 5.41) is 11.7. The fourth-order valence-electron chi connectivity index (χ4n) is 1.21. The first-order valence-electron chi connectivity index (χ1n) is 5.41. The lowest BCUT2D eigenvalue weighted by atomic mass is 10.2. The fourth-order valence-corrected chi connectivity index (χ4v) is 1.21. The minimum absolute atomic E-state index is 0. The lowest BCUT2D eigenvalue weighted by molar-refractivity contribution is -0.671. The van der Waals surface area contributed by atoms with Crippen LogP contribution in [-0.4, -0.2) is 24.5 Å². The van der Waals surface area contributed by atoms with Gasteiger partial charge in [-0.3, -0.25) is 4.99 Å². The molecule has 1 aromatic heterocycles. The van der Waals surface area contributed by atoms with E-state index in [-0.39, 0.29) is 30.6 Å². The number of carbonyl (C=O) groups is 1. The minimum Gasteiger partial charge on any atom is -0.858 e. The van der Waals surface area contributed by atoms with Crippen LogP contribution >= 0.6 is 24.0 Å². The van der Waals surface area contributed by atoms with Crippen LogP contribution in [0.3, 0.4) is 0 Å². The van der Waals surface area contributed by atoms with Crippen molar-refractivity contribution in [3.63, 3.8) is 0 Å². The Bertz CT molecular complexity index is 418. The maximum Gasteiger partial charge on any atom is 0.330 e. The van der Waals surface area contributed by atoms with Crippen LogP contribution in [0, 0.1) is 0 Å². The number of aromatic nitrogens is 1. The summed E-state index contributed by atoms with van der Waals surface area (Å²) in [5.41, 5.74) is 0.458. The molecule has 0 aliphatic heterocycles. The highest BCUT2D eigenvalue weighted by molar-refractivity contribution is 14.0. The molecule has 5 nitrogen and oxygen atoms in total. The van der Waals surface area contributed by atoms with Crippen LogP contribution in [-0.2, 0) is 16.6 Å². The van der Waals surface area contributed by atoms with Gasteiger partial charge in [0.15, 0.2) is 12.4 Å². The van der Waals surface area contributed by atoms with Crippen LogP contribution in [0.15, 0.2) is 29.5 Å². The molecular weight excluding hydrogens is 347 g/mol. The molecule has 0 aliphatic carbocycles. The SMILES string of the molecule is CCOC(=O)C(C)N=C([O-])c1cc[n+](C)cc1.I. The topological polar surface area (TPSA) is 65.6 Å². The second-order valence-corrected chi connectivity index (χ2v) is 3.61. The number of rotatable bonds is 4. The van der Waals surface area contributed by atoms with Gasteiger partial charge in [-0.2, -0.15) is 0 Å². The Balaban J connectivity index is 0.00000289. The van der Waals surface area contributed by atoms with Crippen LogP contribution in [0.25, 0.3) is 0 Å². The predicted octanol–water partition coefficient (Wildman–Crippen LogP) is 0.188. The van der Waals surface area contributed by atoms with Gasteiger partial charge in [0.05, 0.1) is 6.61 Å². The van der Waals surface area contributed by atoms with Crippen LogP contribution in [0.2, 0.25) is 0 Å². The Labute approximate surface area is 124 Å². The molecule has 0 spiro atoms. The van der Waals surface area contributed by atoms with Crippen LogP contribution in [0.1, 0.15) is 19.4 Å². The molecule has 0 aliphatic rings. The number of aliphatic imine (C=N–C) groups is 1. The summed E-state index contributed by atoms with van der Waals surface area (Å²) in [7, 11) is 1.85. The third-order valence-corrected chi connectivity index (χ3v) is 2.16. The highest BCUT2D eigenvalue weighted by Crippen LogP contribution is 1.99. The lowest BCUT2D eigenvalue weighted by Crippen LogP contribution is -2.29. The number of carbonyl (C=O) groups excluding carboxylic acids is 1. The molecule has 1 aromatic rings. The van der Waals surface area contributed by atoms with E-state index >= 15 is 0 Å². The molecule has 0 saturated heterocycles. The van der Waals surface area contributed by atoms with Gasteiger partial charge in [0.2, 0.25) is 0 Å². The van der Waals surface area contributed by atoms with E-state index in [9.17, 15) is 9.90 Å². The largest absolute Gasteiger partial charge is 0.858 e. The first kappa shape index (κ1) is 16.8. The smallest absolute Gasteiger partial charge is 0.330 e. The summed E-state index contributed by atoms with van der Waals surface area (Å²) < 4.78 is 6.58. The van der Waals surface area contributed by atoms with Gasteiger partial charge in [-0.1, -0.05) is 0 Å². The molecule has 18 heavy (non-hydrogen) atoms. The molecule has 0 bridgehead atoms. The number of aryl methyl sites for hydroxylation is 1. The van der Waals surface area contributed by atoms with Gasteiger partial charge in [0.1, 0.15) is 13.1 Å². The summed E-state index contributed by atoms with van der Waals surface area (Å²) >= 11 is 0. The Morgan fingerprint density at radius 1 is 1.50 bits per heavy atom. The molecule has 0 saturated carbocycles. The third-order valence-electron chi connectivity index (χ3n) is 2.16. The quantitative estimate of drug-likeness (QED) is 0.252. The number of halogens is 1. The Hall–Kier alpha value is -1.18. The minimum atomic E-state index is -0.767. The number of hydrogen-bond donors (Lipinski definition) is 0. The zero-order valence-electron chi connectivity index (χ0n) is 10.6. The molecule has 1 rings (SSSR count). The van der Waals surface area contributed by atoms with Crippen molar-refractivity contribution >= 4 is 35.8 Å². The fraction of sp³-hybridized carbons (Fsp3) is 0.417. The van der Waals surface area contributed by atoms with Crippen molar-refractivity contribution in [2.75, 3.05) is 6.61 Å². The molecule has 100 valence electrons. The van der Waals surface area contributed by atoms with Crippen molar-refractivity contribution in [3.8, 4) is 0 Å². The van der Waals surface area contributed by atoms with E-state index in [0.29, 0.717) is 5.56 Å². The molecule has 6 heteroatoms. The van der Waals surface area contributed by atoms with Gasteiger partial charge >= 0.3 is 5.97 Å². The van der Waals surface area contributed by atoms with Crippen molar-refractivity contribution in [2.45, 2.75) is 19.9 Å². The maximum atomic E-state index is 11.7. The van der Waals surface area contributed by atoms with E-state index in [2.05, 4.69) is 4.99 Å². The normalized spacial score (nSPS) is 12.5. The molecule has 0 fully saturated rings. The Morgan fingerprint density at radius 3 is 2.56 bits per heavy atom. The van der Waals surface area contributed by atoms with Gasteiger partial charge in [-0.05, 0) is 25.3 Å². The van der Waals surface area contributed by atoms with E-state index in [1.807, 2.05) is 11.6 Å². The van der Waals surface area contributed by atoms with Crippen molar-refractivity contribution in [1.82, 2.24) is 0 Å². The molecule has 0 radical (unpaired) electrons. The van der Waals surface area contributed by atoms with Gasteiger partial charge in [0.25, 0.3) is 0 Å². The zero-order chi connectivity index (χ0) is 12.8. The number of hydrogen-bond acceptors (Lipinski definition) is 4. The van der Waals surface area contributed by atoms with Gasteiger partial charge in [0, 0.05) is 12.1 Å².